The van der Waals surface area contributed by atoms with Crippen LogP contribution < -0.4 is 4.90 Å². The minimum Gasteiger partial charge on any atom is -0.363 e. The summed E-state index contributed by atoms with van der Waals surface area (Å²) in [6.45, 7) is 0.938. The number of rotatable bonds is 1. The quantitative estimate of drug-likeness (QED) is 0.783. The molecule has 4 nitrogen and oxygen atoms in total. The van der Waals surface area contributed by atoms with Crippen LogP contribution in [-0.2, 0) is 0 Å². The van der Waals surface area contributed by atoms with E-state index >= 15 is 0 Å². The fourth-order valence-corrected chi connectivity index (χ4v) is 2.54. The summed E-state index contributed by atoms with van der Waals surface area (Å²) in [6, 6.07) is 4.68. The molecule has 0 bridgehead atoms. The molecule has 20 heavy (non-hydrogen) atoms. The highest BCUT2D eigenvalue weighted by Gasteiger charge is 2.18. The van der Waals surface area contributed by atoms with Gasteiger partial charge in [0.2, 0.25) is 0 Å². The van der Waals surface area contributed by atoms with Crippen molar-refractivity contribution < 1.29 is 4.79 Å². The van der Waals surface area contributed by atoms with Gasteiger partial charge in [0.1, 0.15) is 5.84 Å². The zero-order valence-corrected chi connectivity index (χ0v) is 13.1. The first-order valence-corrected chi connectivity index (χ1v) is 7.26. The van der Waals surface area contributed by atoms with Crippen LogP contribution in [0.4, 0.5) is 10.5 Å². The molecule has 0 aromatic heterocycles. The zero-order valence-electron chi connectivity index (χ0n) is 11.6. The number of urea groups is 1. The molecular weight excluding hydrogens is 297 g/mol. The van der Waals surface area contributed by atoms with Gasteiger partial charge in [-0.15, -0.1) is 0 Å². The number of hydrogen-bond acceptors (Lipinski definition) is 1. The second-order valence-electron chi connectivity index (χ2n) is 4.84. The molecule has 1 fully saturated rings. The van der Waals surface area contributed by atoms with Crippen LogP contribution in [0, 0.1) is 0 Å². The van der Waals surface area contributed by atoms with Crippen LogP contribution in [0.25, 0.3) is 0 Å². The van der Waals surface area contributed by atoms with Crippen molar-refractivity contribution in [3.63, 3.8) is 0 Å². The van der Waals surface area contributed by atoms with Crippen LogP contribution in [0.5, 0.6) is 0 Å². The lowest BCUT2D eigenvalue weighted by molar-refractivity contribution is 0.254. The van der Waals surface area contributed by atoms with Gasteiger partial charge in [-0.1, -0.05) is 23.2 Å². The Hall–Kier alpha value is -1.26. The third kappa shape index (κ3) is 3.44. The molecule has 1 saturated heterocycles. The van der Waals surface area contributed by atoms with Gasteiger partial charge in [0.25, 0.3) is 0 Å². The van der Waals surface area contributed by atoms with Gasteiger partial charge in [0.15, 0.2) is 0 Å². The van der Waals surface area contributed by atoms with Crippen molar-refractivity contribution in [2.45, 2.75) is 19.3 Å². The Labute approximate surface area is 129 Å². The number of halogens is 2. The first-order valence-electron chi connectivity index (χ1n) is 6.50. The highest BCUT2D eigenvalue weighted by atomic mass is 35.5. The fourth-order valence-electron chi connectivity index (χ4n) is 2.12. The van der Waals surface area contributed by atoms with Gasteiger partial charge in [-0.25, -0.2) is 4.79 Å². The molecule has 0 atom stereocenters. The second kappa shape index (κ2) is 6.46. The number of amidine groups is 1. The lowest BCUT2D eigenvalue weighted by Crippen LogP contribution is -2.34. The number of hydrogen-bond donors (Lipinski definition) is 0. The van der Waals surface area contributed by atoms with E-state index in [1.165, 1.54) is 4.90 Å². The van der Waals surface area contributed by atoms with E-state index in [9.17, 15) is 4.79 Å². The largest absolute Gasteiger partial charge is 0.363 e. The van der Waals surface area contributed by atoms with Crippen molar-refractivity contribution in [3.05, 3.63) is 28.2 Å². The lowest BCUT2D eigenvalue weighted by atomic mass is 10.1. The standard InChI is InChI=1S/C14H17Cl2N3O/c1-18-8-4-3-5-13(18)17-14(20)19(2)12-9-10(15)6-7-11(12)16/h6-7,9H,3-5,8H2,1-2H3. The minimum atomic E-state index is -0.335. The molecule has 0 spiro atoms. The maximum absolute atomic E-state index is 12.2. The predicted molar refractivity (Wildman–Crippen MR) is 84.2 cm³/mol. The molecule has 2 amide bonds. The van der Waals surface area contributed by atoms with Crippen molar-refractivity contribution in [1.29, 1.82) is 0 Å². The SMILES string of the molecule is CN1CCCCC1=NC(=O)N(C)c1cc(Cl)ccc1Cl. The number of aliphatic imine (C=N–C) groups is 1. The Bertz CT molecular complexity index is 545. The number of carbonyl (C=O) groups is 1. The van der Waals surface area contributed by atoms with Crippen molar-refractivity contribution in [2.24, 2.45) is 4.99 Å². The maximum atomic E-state index is 12.2. The molecule has 0 aliphatic carbocycles. The number of benzene rings is 1. The Morgan fingerprint density at radius 2 is 2.10 bits per heavy atom. The van der Waals surface area contributed by atoms with Crippen LogP contribution in [-0.4, -0.2) is 37.4 Å². The number of piperidine rings is 1. The van der Waals surface area contributed by atoms with E-state index in [0.29, 0.717) is 15.7 Å². The molecule has 1 aromatic rings. The summed E-state index contributed by atoms with van der Waals surface area (Å²) in [7, 11) is 3.60. The van der Waals surface area contributed by atoms with E-state index in [0.717, 1.165) is 31.6 Å². The van der Waals surface area contributed by atoms with Crippen LogP contribution in [0.3, 0.4) is 0 Å². The van der Waals surface area contributed by atoms with Gasteiger partial charge in [0.05, 0.1) is 10.7 Å². The molecular formula is C14H17Cl2N3O. The molecule has 1 heterocycles. The molecule has 0 N–H and O–H groups in total. The van der Waals surface area contributed by atoms with Gasteiger partial charge in [0, 0.05) is 32.1 Å². The van der Waals surface area contributed by atoms with Crippen molar-refractivity contribution in [2.75, 3.05) is 25.5 Å². The third-order valence-electron chi connectivity index (χ3n) is 3.37. The summed E-state index contributed by atoms with van der Waals surface area (Å²) in [5.41, 5.74) is 0.562. The van der Waals surface area contributed by atoms with E-state index in [1.807, 2.05) is 11.9 Å². The minimum absolute atomic E-state index is 0.335. The monoisotopic (exact) mass is 313 g/mol. The van der Waals surface area contributed by atoms with Gasteiger partial charge in [-0.2, -0.15) is 4.99 Å². The van der Waals surface area contributed by atoms with E-state index in [4.69, 9.17) is 23.2 Å². The smallest absolute Gasteiger partial charge is 0.349 e. The van der Waals surface area contributed by atoms with Crippen molar-refractivity contribution >= 4 is 40.8 Å². The molecule has 0 saturated carbocycles. The second-order valence-corrected chi connectivity index (χ2v) is 5.69. The molecule has 6 heteroatoms. The van der Waals surface area contributed by atoms with Gasteiger partial charge < -0.3 is 4.90 Å². The first kappa shape index (κ1) is 15.1. The van der Waals surface area contributed by atoms with Gasteiger partial charge in [-0.3, -0.25) is 4.90 Å². The third-order valence-corrected chi connectivity index (χ3v) is 3.92. The van der Waals surface area contributed by atoms with Crippen molar-refractivity contribution in [1.82, 2.24) is 4.90 Å². The molecule has 0 radical (unpaired) electrons. The summed E-state index contributed by atoms with van der Waals surface area (Å²) in [4.78, 5) is 19.9. The van der Waals surface area contributed by atoms with Crippen LogP contribution in [0.15, 0.2) is 23.2 Å². The number of likely N-dealkylation sites (tertiary alicyclic amines) is 1. The Balaban J connectivity index is 2.20. The fraction of sp³-hybridized carbons (Fsp3) is 0.429. The van der Waals surface area contributed by atoms with Crippen LogP contribution in [0.1, 0.15) is 19.3 Å². The predicted octanol–water partition coefficient (Wildman–Crippen LogP) is 4.06. The molecule has 2 rings (SSSR count). The number of anilines is 1. The van der Waals surface area contributed by atoms with E-state index in [1.54, 1.807) is 25.2 Å². The molecule has 0 unspecified atom stereocenters. The first-order chi connectivity index (χ1) is 9.49. The number of carbonyl (C=O) groups excluding carboxylic acids is 1. The zero-order chi connectivity index (χ0) is 14.7. The summed E-state index contributed by atoms with van der Waals surface area (Å²) < 4.78 is 0. The Kier molecular flexibility index (Phi) is 4.89. The highest BCUT2D eigenvalue weighted by molar-refractivity contribution is 6.35. The summed E-state index contributed by atoms with van der Waals surface area (Å²) in [5, 5.41) is 1.01. The summed E-state index contributed by atoms with van der Waals surface area (Å²) in [5.74, 6) is 0.825. The number of nitrogens with zero attached hydrogens (tertiary/aromatic N) is 3. The van der Waals surface area contributed by atoms with Gasteiger partial charge >= 0.3 is 6.03 Å². The Morgan fingerprint density at radius 3 is 2.80 bits per heavy atom. The average molecular weight is 314 g/mol. The van der Waals surface area contributed by atoms with E-state index < -0.39 is 0 Å². The van der Waals surface area contributed by atoms with Crippen molar-refractivity contribution in [3.8, 4) is 0 Å². The average Bonchev–Trinajstić information content (AvgIpc) is 2.43. The normalized spacial score (nSPS) is 17.4. The maximum Gasteiger partial charge on any atom is 0.349 e. The van der Waals surface area contributed by atoms with E-state index in [-0.39, 0.29) is 6.03 Å². The number of amides is 2. The Morgan fingerprint density at radius 1 is 1.35 bits per heavy atom. The molecule has 1 aromatic carbocycles. The van der Waals surface area contributed by atoms with Crippen LogP contribution in [0.2, 0.25) is 10.0 Å². The lowest BCUT2D eigenvalue weighted by Gasteiger charge is -2.26. The topological polar surface area (TPSA) is 35.9 Å². The highest BCUT2D eigenvalue weighted by Crippen LogP contribution is 2.28. The molecule has 1 aliphatic rings. The summed E-state index contributed by atoms with van der Waals surface area (Å²) >= 11 is 12.0. The summed E-state index contributed by atoms with van der Waals surface area (Å²) in [6.07, 6.45) is 3.04. The molecule has 1 aliphatic heterocycles. The van der Waals surface area contributed by atoms with E-state index in [2.05, 4.69) is 4.99 Å². The van der Waals surface area contributed by atoms with Gasteiger partial charge in [-0.05, 0) is 31.0 Å². The van der Waals surface area contributed by atoms with Crippen LogP contribution >= 0.6 is 23.2 Å². The molecule has 108 valence electrons.